The molecule has 2 aromatic carbocycles. The van der Waals surface area contributed by atoms with Crippen molar-refractivity contribution in [2.75, 3.05) is 12.3 Å². The second-order valence-corrected chi connectivity index (χ2v) is 6.39. The van der Waals surface area contributed by atoms with Gasteiger partial charge in [0.25, 0.3) is 5.91 Å². The maximum Gasteiger partial charge on any atom is 0.325 e. The van der Waals surface area contributed by atoms with Crippen LogP contribution in [0.2, 0.25) is 0 Å². The normalized spacial score (nSPS) is 19.5. The topological polar surface area (TPSA) is 92.5 Å². The maximum absolute atomic E-state index is 13.1. The molecule has 134 valence electrons. The molecule has 1 saturated heterocycles. The Bertz CT molecular complexity index is 833. The van der Waals surface area contributed by atoms with E-state index in [2.05, 4.69) is 5.32 Å². The molecule has 0 bridgehead atoms. The van der Waals surface area contributed by atoms with Gasteiger partial charge in [-0.2, -0.15) is 0 Å². The van der Waals surface area contributed by atoms with Crippen molar-refractivity contribution in [1.29, 1.82) is 0 Å². The molecule has 3 rings (SSSR count). The van der Waals surface area contributed by atoms with Gasteiger partial charge in [-0.15, -0.1) is 0 Å². The van der Waals surface area contributed by atoms with E-state index in [1.165, 1.54) is 0 Å². The summed E-state index contributed by atoms with van der Waals surface area (Å²) in [6, 6.07) is 15.0. The summed E-state index contributed by atoms with van der Waals surface area (Å²) in [7, 11) is 0. The van der Waals surface area contributed by atoms with Crippen molar-refractivity contribution < 1.29 is 14.4 Å². The summed E-state index contributed by atoms with van der Waals surface area (Å²) in [5, 5.41) is 2.82. The van der Waals surface area contributed by atoms with E-state index in [4.69, 9.17) is 5.73 Å². The lowest BCUT2D eigenvalue weighted by Gasteiger charge is -2.26. The molecule has 1 heterocycles. The number of anilines is 1. The molecule has 3 amide bonds. The summed E-state index contributed by atoms with van der Waals surface area (Å²) in [5.41, 5.74) is 6.19. The number of rotatable bonds is 6. The molecule has 1 aliphatic heterocycles. The molecule has 26 heavy (non-hydrogen) atoms. The Morgan fingerprint density at radius 3 is 2.35 bits per heavy atom. The molecule has 0 spiro atoms. The van der Waals surface area contributed by atoms with Gasteiger partial charge in [-0.05, 0) is 36.2 Å². The van der Waals surface area contributed by atoms with Gasteiger partial charge in [0.15, 0.2) is 5.78 Å². The number of hydrogen-bond acceptors (Lipinski definition) is 4. The molecule has 1 fully saturated rings. The fraction of sp³-hybridized carbons (Fsp3) is 0.250. The number of ketones is 1. The molecule has 0 aliphatic carbocycles. The van der Waals surface area contributed by atoms with Crippen molar-refractivity contribution in [3.05, 3.63) is 65.7 Å². The van der Waals surface area contributed by atoms with Crippen molar-refractivity contribution in [1.82, 2.24) is 10.2 Å². The molecule has 2 aromatic rings. The number of carbonyl (C=O) groups excluding carboxylic acids is 3. The lowest BCUT2D eigenvalue weighted by Crippen LogP contribution is -2.44. The van der Waals surface area contributed by atoms with E-state index in [-0.39, 0.29) is 18.2 Å². The highest BCUT2D eigenvalue weighted by molar-refractivity contribution is 6.11. The second-order valence-electron chi connectivity index (χ2n) is 6.39. The number of imide groups is 1. The molecule has 3 N–H and O–H groups in total. The van der Waals surface area contributed by atoms with Gasteiger partial charge in [0.2, 0.25) is 0 Å². The maximum atomic E-state index is 13.1. The predicted octanol–water partition coefficient (Wildman–Crippen LogP) is 2.70. The number of amides is 3. The quantitative estimate of drug-likeness (QED) is 0.475. The average molecular weight is 351 g/mol. The van der Waals surface area contributed by atoms with Crippen LogP contribution in [0.5, 0.6) is 0 Å². The average Bonchev–Trinajstić information content (AvgIpc) is 2.88. The Morgan fingerprint density at radius 2 is 1.73 bits per heavy atom. The Morgan fingerprint density at radius 1 is 1.08 bits per heavy atom. The van der Waals surface area contributed by atoms with Crippen molar-refractivity contribution in [3.8, 4) is 0 Å². The highest BCUT2D eigenvalue weighted by atomic mass is 16.2. The van der Waals surface area contributed by atoms with Gasteiger partial charge < -0.3 is 11.1 Å². The van der Waals surface area contributed by atoms with Crippen LogP contribution in [-0.4, -0.2) is 29.2 Å². The SMILES string of the molecule is CCCC1(c2ccccc2)NC(=O)N(CC(=O)c2ccc(N)cc2)C1=O. The van der Waals surface area contributed by atoms with E-state index in [0.717, 1.165) is 10.5 Å². The van der Waals surface area contributed by atoms with Crippen LogP contribution >= 0.6 is 0 Å². The number of nitrogens with two attached hydrogens (primary N) is 1. The fourth-order valence-electron chi connectivity index (χ4n) is 3.28. The smallest absolute Gasteiger partial charge is 0.325 e. The van der Waals surface area contributed by atoms with Crippen LogP contribution in [0.25, 0.3) is 0 Å². The zero-order valence-electron chi connectivity index (χ0n) is 14.6. The van der Waals surface area contributed by atoms with E-state index in [1.807, 2.05) is 37.3 Å². The molecule has 0 saturated carbocycles. The third kappa shape index (κ3) is 3.06. The van der Waals surface area contributed by atoms with Crippen LogP contribution in [0.15, 0.2) is 54.6 Å². The summed E-state index contributed by atoms with van der Waals surface area (Å²) in [6.45, 7) is 1.65. The van der Waals surface area contributed by atoms with E-state index in [1.54, 1.807) is 24.3 Å². The Hall–Kier alpha value is -3.15. The summed E-state index contributed by atoms with van der Waals surface area (Å²) in [6.07, 6.45) is 1.18. The molecule has 6 heteroatoms. The first kappa shape index (κ1) is 17.7. The highest BCUT2D eigenvalue weighted by Gasteiger charge is 2.52. The van der Waals surface area contributed by atoms with Gasteiger partial charge in [0.1, 0.15) is 5.54 Å². The number of benzene rings is 2. The summed E-state index contributed by atoms with van der Waals surface area (Å²) in [5.74, 6) is -0.701. The van der Waals surface area contributed by atoms with E-state index < -0.39 is 11.6 Å². The Balaban J connectivity index is 1.88. The van der Waals surface area contributed by atoms with Crippen LogP contribution in [0.3, 0.4) is 0 Å². The van der Waals surface area contributed by atoms with Gasteiger partial charge in [-0.3, -0.25) is 14.5 Å². The zero-order valence-corrected chi connectivity index (χ0v) is 14.6. The largest absolute Gasteiger partial charge is 0.399 e. The minimum atomic E-state index is -1.12. The monoisotopic (exact) mass is 351 g/mol. The minimum Gasteiger partial charge on any atom is -0.399 e. The lowest BCUT2D eigenvalue weighted by molar-refractivity contribution is -0.131. The molecule has 0 radical (unpaired) electrons. The lowest BCUT2D eigenvalue weighted by atomic mass is 9.85. The second kappa shape index (κ2) is 7.00. The summed E-state index contributed by atoms with van der Waals surface area (Å²) >= 11 is 0. The van der Waals surface area contributed by atoms with E-state index >= 15 is 0 Å². The number of Topliss-reactive ketones (excluding diaryl/α,β-unsaturated/α-hetero) is 1. The number of nitrogen functional groups attached to an aromatic ring is 1. The number of urea groups is 1. The first-order valence-electron chi connectivity index (χ1n) is 8.56. The molecular formula is C20H21N3O3. The molecule has 0 aromatic heterocycles. The van der Waals surface area contributed by atoms with Gasteiger partial charge >= 0.3 is 6.03 Å². The van der Waals surface area contributed by atoms with Crippen LogP contribution in [0.4, 0.5) is 10.5 Å². The Kier molecular flexibility index (Phi) is 4.75. The molecule has 1 aliphatic rings. The first-order valence-corrected chi connectivity index (χ1v) is 8.56. The molecular weight excluding hydrogens is 330 g/mol. The predicted molar refractivity (Wildman–Crippen MR) is 98.5 cm³/mol. The number of carbonyl (C=O) groups is 3. The van der Waals surface area contributed by atoms with Gasteiger partial charge in [-0.25, -0.2) is 4.79 Å². The highest BCUT2D eigenvalue weighted by Crippen LogP contribution is 2.33. The van der Waals surface area contributed by atoms with Crippen molar-refractivity contribution in [2.45, 2.75) is 25.3 Å². The molecule has 1 atom stereocenters. The van der Waals surface area contributed by atoms with Crippen molar-refractivity contribution >= 4 is 23.4 Å². The van der Waals surface area contributed by atoms with E-state index in [9.17, 15) is 14.4 Å². The van der Waals surface area contributed by atoms with Gasteiger partial charge in [0.05, 0.1) is 6.54 Å². The number of nitrogens with zero attached hydrogens (tertiary/aromatic N) is 1. The van der Waals surface area contributed by atoms with Crippen LogP contribution in [0.1, 0.15) is 35.7 Å². The van der Waals surface area contributed by atoms with Crippen LogP contribution < -0.4 is 11.1 Å². The summed E-state index contributed by atoms with van der Waals surface area (Å²) in [4.78, 5) is 39.1. The zero-order chi connectivity index (χ0) is 18.7. The fourth-order valence-corrected chi connectivity index (χ4v) is 3.28. The third-order valence-corrected chi connectivity index (χ3v) is 4.60. The third-order valence-electron chi connectivity index (χ3n) is 4.60. The van der Waals surface area contributed by atoms with Crippen LogP contribution in [0, 0.1) is 0 Å². The molecule has 6 nitrogen and oxygen atoms in total. The van der Waals surface area contributed by atoms with Crippen molar-refractivity contribution in [2.24, 2.45) is 0 Å². The number of nitrogens with one attached hydrogen (secondary N) is 1. The van der Waals surface area contributed by atoms with Gasteiger partial charge in [-0.1, -0.05) is 43.7 Å². The standard InChI is InChI=1S/C20H21N3O3/c1-2-12-20(15-6-4-3-5-7-15)18(25)23(19(26)22-20)13-17(24)14-8-10-16(21)11-9-14/h3-11H,2,12-13,21H2,1H3,(H,22,26). The van der Waals surface area contributed by atoms with Crippen molar-refractivity contribution in [3.63, 3.8) is 0 Å². The number of hydrogen-bond donors (Lipinski definition) is 2. The van der Waals surface area contributed by atoms with Crippen LogP contribution in [-0.2, 0) is 10.3 Å². The summed E-state index contributed by atoms with van der Waals surface area (Å²) < 4.78 is 0. The van der Waals surface area contributed by atoms with Gasteiger partial charge in [0, 0.05) is 11.3 Å². The Labute approximate surface area is 152 Å². The van der Waals surface area contributed by atoms with E-state index in [0.29, 0.717) is 24.1 Å². The molecule has 1 unspecified atom stereocenters. The minimum absolute atomic E-state index is 0.299. The first-order chi connectivity index (χ1) is 12.5.